The first-order valence-electron chi connectivity index (χ1n) is 12.2. The van der Waals surface area contributed by atoms with Crippen molar-refractivity contribution in [3.8, 4) is 0 Å². The molecule has 0 heterocycles. The zero-order valence-electron chi connectivity index (χ0n) is 24.1. The molecule has 0 spiro atoms. The van der Waals surface area contributed by atoms with Crippen molar-refractivity contribution < 1.29 is 29.4 Å². The molecule has 208 valence electrons. The van der Waals surface area contributed by atoms with E-state index in [1.807, 2.05) is 0 Å². The first-order chi connectivity index (χ1) is 14.8. The van der Waals surface area contributed by atoms with Gasteiger partial charge < -0.3 is 29.4 Å². The van der Waals surface area contributed by atoms with Crippen LogP contribution >= 0.6 is 15.7 Å². The van der Waals surface area contributed by atoms with E-state index < -0.39 is 15.7 Å². The smallest absolute Gasteiger partial charge is 0.304 e. The summed E-state index contributed by atoms with van der Waals surface area (Å²) in [4.78, 5) is 0. The molecule has 0 amide bonds. The lowest BCUT2D eigenvalue weighted by atomic mass is 10.3. The lowest BCUT2D eigenvalue weighted by Gasteiger charge is -2.40. The van der Waals surface area contributed by atoms with Gasteiger partial charge in [-0.05, 0) is 25.7 Å². The van der Waals surface area contributed by atoms with Gasteiger partial charge in [0.15, 0.2) is 0 Å². The van der Waals surface area contributed by atoms with Crippen molar-refractivity contribution in [3.05, 3.63) is 0 Å². The largest absolute Gasteiger partial charge is 1.00 e. The van der Waals surface area contributed by atoms with E-state index in [0.29, 0.717) is 12.1 Å². The molecule has 2 saturated carbocycles. The van der Waals surface area contributed by atoms with Gasteiger partial charge in [0.25, 0.3) is 0 Å². The Morgan fingerprint density at radius 2 is 0.618 bits per heavy atom. The van der Waals surface area contributed by atoms with Crippen LogP contribution in [0.1, 0.15) is 51.4 Å². The van der Waals surface area contributed by atoms with E-state index in [0.717, 1.165) is 0 Å². The molecule has 8 nitrogen and oxygen atoms in total. The molecule has 0 aromatic carbocycles. The molecular formula is C22H56BrClN8P2. The summed E-state index contributed by atoms with van der Waals surface area (Å²) in [6.07, 6.45) is 10.8. The molecule has 0 aliphatic heterocycles. The molecule has 0 atom stereocenters. The highest BCUT2D eigenvalue weighted by Gasteiger charge is 2.51. The Bertz CT molecular complexity index is 439. The van der Waals surface area contributed by atoms with Crippen LogP contribution in [-0.4, -0.2) is 125 Å². The summed E-state index contributed by atoms with van der Waals surface area (Å²) in [7, 11) is 23.1. The Balaban J connectivity index is 0. The Hall–Kier alpha value is 1.31. The third-order valence-corrected chi connectivity index (χ3v) is 14.9. The lowest BCUT2D eigenvalue weighted by Crippen LogP contribution is -3.00. The molecule has 0 aromatic rings. The van der Waals surface area contributed by atoms with Crippen LogP contribution in [0.25, 0.3) is 0 Å². The van der Waals surface area contributed by atoms with E-state index in [1.54, 1.807) is 0 Å². The summed E-state index contributed by atoms with van der Waals surface area (Å²) < 4.78 is 14.1. The van der Waals surface area contributed by atoms with Gasteiger partial charge in [-0.2, -0.15) is 0 Å². The summed E-state index contributed by atoms with van der Waals surface area (Å²) in [5.41, 5.74) is 0. The molecule has 34 heavy (non-hydrogen) atoms. The Labute approximate surface area is 230 Å². The fourth-order valence-corrected chi connectivity index (χ4v) is 12.6. The summed E-state index contributed by atoms with van der Waals surface area (Å²) in [5.74, 6) is 0. The Kier molecular flexibility index (Phi) is 18.7. The van der Waals surface area contributed by atoms with E-state index in [1.165, 1.54) is 51.4 Å². The number of hydrogen-bond acceptors (Lipinski definition) is 8. The monoisotopic (exact) mass is 608 g/mol. The van der Waals surface area contributed by atoms with Crippen molar-refractivity contribution in [3.63, 3.8) is 0 Å². The zero-order chi connectivity index (χ0) is 24.7. The zero-order valence-corrected chi connectivity index (χ0v) is 28.3. The van der Waals surface area contributed by atoms with Crippen LogP contribution in [-0.2, 0) is 0 Å². The molecule has 2 aliphatic rings. The molecule has 2 fully saturated rings. The maximum absolute atomic E-state index is 3.92. The number of rotatable bonds is 10. The number of hydrogen-bond donors (Lipinski definition) is 2. The molecule has 0 saturated heterocycles. The highest BCUT2D eigenvalue weighted by Crippen LogP contribution is 2.61. The molecule has 0 aromatic heterocycles. The third kappa shape index (κ3) is 9.25. The van der Waals surface area contributed by atoms with Gasteiger partial charge in [0, 0.05) is 96.7 Å². The first kappa shape index (κ1) is 37.5. The van der Waals surface area contributed by atoms with Gasteiger partial charge in [0.1, 0.15) is 0 Å². The van der Waals surface area contributed by atoms with Crippen molar-refractivity contribution >= 4 is 15.7 Å². The van der Waals surface area contributed by atoms with Gasteiger partial charge >= 0.3 is 15.7 Å². The van der Waals surface area contributed by atoms with Crippen LogP contribution in [0.3, 0.4) is 0 Å². The molecule has 12 heteroatoms. The predicted molar refractivity (Wildman–Crippen MR) is 147 cm³/mol. The van der Waals surface area contributed by atoms with Gasteiger partial charge in [-0.1, -0.05) is 25.7 Å². The summed E-state index contributed by atoms with van der Waals surface area (Å²) in [6.45, 7) is 0. The normalized spacial score (nSPS) is 18.2. The van der Waals surface area contributed by atoms with Crippen LogP contribution in [0, 0.1) is 0 Å². The molecular weight excluding hydrogens is 554 g/mol. The second-order valence-corrected chi connectivity index (χ2v) is 18.0. The summed E-state index contributed by atoms with van der Waals surface area (Å²) in [6, 6.07) is 1.39. The van der Waals surface area contributed by atoms with Crippen molar-refractivity contribution in [2.24, 2.45) is 0 Å². The van der Waals surface area contributed by atoms with Crippen LogP contribution in [0.5, 0.6) is 0 Å². The maximum atomic E-state index is 3.92. The number of halogens is 2. The van der Waals surface area contributed by atoms with Crippen molar-refractivity contribution in [2.45, 2.75) is 63.5 Å². The minimum Gasteiger partial charge on any atom is -1.00 e. The second kappa shape index (κ2) is 17.0. The van der Waals surface area contributed by atoms with Crippen molar-refractivity contribution in [1.82, 2.24) is 38.2 Å². The van der Waals surface area contributed by atoms with Gasteiger partial charge in [-0.25, -0.2) is 0 Å². The molecule has 0 bridgehead atoms. The third-order valence-electron chi connectivity index (χ3n) is 6.77. The molecule has 2 rings (SSSR count). The van der Waals surface area contributed by atoms with Gasteiger partial charge in [0.2, 0.25) is 0 Å². The number of nitrogens with one attached hydrogen (secondary N) is 2. The molecule has 0 unspecified atom stereocenters. The van der Waals surface area contributed by atoms with Crippen LogP contribution < -0.4 is 39.6 Å². The predicted octanol–water partition coefficient (Wildman–Crippen LogP) is -2.23. The average molecular weight is 610 g/mol. The maximum Gasteiger partial charge on any atom is 0.304 e. The topological polar surface area (TPSA) is 43.5 Å². The van der Waals surface area contributed by atoms with Crippen molar-refractivity contribution in [1.29, 1.82) is 0 Å². The molecule has 0 radical (unpaired) electrons. The SMILES string of the molecule is CN(C)[P+](NC1CCCC1)(N(C)C)N(C)C.CN(C)[P+](NC1CCCC1)(N(C)C)N(C)C.[Br-].[Cl-]. The first-order valence-corrected chi connectivity index (χ1v) is 15.5. The Morgan fingerprint density at radius 3 is 0.765 bits per heavy atom. The van der Waals surface area contributed by atoms with Crippen molar-refractivity contribution in [2.75, 3.05) is 84.6 Å². The highest BCUT2D eigenvalue weighted by molar-refractivity contribution is 7.67. The van der Waals surface area contributed by atoms with Crippen LogP contribution in [0.15, 0.2) is 0 Å². The average Bonchev–Trinajstić information content (AvgIpc) is 3.36. The van der Waals surface area contributed by atoms with E-state index in [4.69, 9.17) is 0 Å². The van der Waals surface area contributed by atoms with E-state index >= 15 is 0 Å². The molecule has 2 N–H and O–H groups in total. The van der Waals surface area contributed by atoms with Crippen LogP contribution in [0.2, 0.25) is 0 Å². The van der Waals surface area contributed by atoms with Gasteiger partial charge in [-0.15, -0.1) is 38.2 Å². The van der Waals surface area contributed by atoms with E-state index in [2.05, 4.69) is 123 Å². The molecule has 2 aliphatic carbocycles. The van der Waals surface area contributed by atoms with E-state index in [9.17, 15) is 0 Å². The quantitative estimate of drug-likeness (QED) is 0.270. The van der Waals surface area contributed by atoms with E-state index in [-0.39, 0.29) is 29.4 Å². The fourth-order valence-electron chi connectivity index (χ4n) is 5.44. The second-order valence-electron chi connectivity index (χ2n) is 10.4. The summed E-state index contributed by atoms with van der Waals surface area (Å²) >= 11 is 0. The minimum atomic E-state index is -1.51. The standard InChI is InChI=1S/2C11H28N4P.BrH.ClH/c2*1-13(2)16(14(3)4,15(5)6)12-11-9-7-8-10-11;;/h2*11-12H,7-10H2,1-6H3;2*1H/q2*+1;;/p-2. The minimum absolute atomic E-state index is 0. The van der Waals surface area contributed by atoms with Gasteiger partial charge in [-0.3, -0.25) is 0 Å². The fraction of sp³-hybridized carbons (Fsp3) is 1.00. The highest BCUT2D eigenvalue weighted by atomic mass is 79.9. The number of nitrogens with zero attached hydrogens (tertiary/aromatic N) is 6. The van der Waals surface area contributed by atoms with Gasteiger partial charge in [0.05, 0.1) is 0 Å². The lowest BCUT2D eigenvalue weighted by molar-refractivity contribution is -0.00100. The summed E-state index contributed by atoms with van der Waals surface area (Å²) in [5, 5.41) is 7.83. The van der Waals surface area contributed by atoms with Crippen LogP contribution in [0.4, 0.5) is 0 Å². The Morgan fingerprint density at radius 1 is 0.441 bits per heavy atom.